The molecule has 6 heteroatoms. The predicted octanol–water partition coefficient (Wildman–Crippen LogP) is 3.11. The van der Waals surface area contributed by atoms with E-state index in [1.165, 1.54) is 0 Å². The molecule has 23 heavy (non-hydrogen) atoms. The summed E-state index contributed by atoms with van der Waals surface area (Å²) in [5, 5.41) is 13.7. The predicted molar refractivity (Wildman–Crippen MR) is 85.8 cm³/mol. The highest BCUT2D eigenvalue weighted by Crippen LogP contribution is 2.22. The third-order valence-corrected chi connectivity index (χ3v) is 3.76. The first-order chi connectivity index (χ1) is 11.3. The SMILES string of the molecule is CCC(CO)N(Cc1noc(-c2ccoc2)n1)c1ccccc1. The van der Waals surface area contributed by atoms with Crippen molar-refractivity contribution in [1.29, 1.82) is 0 Å². The number of anilines is 1. The molecule has 2 heterocycles. The lowest BCUT2D eigenvalue weighted by atomic mass is 10.1. The van der Waals surface area contributed by atoms with Crippen LogP contribution in [0.5, 0.6) is 0 Å². The summed E-state index contributed by atoms with van der Waals surface area (Å²) in [5.74, 6) is 0.996. The highest BCUT2D eigenvalue weighted by molar-refractivity contribution is 5.50. The molecule has 0 radical (unpaired) electrons. The second kappa shape index (κ2) is 7.11. The van der Waals surface area contributed by atoms with Crippen LogP contribution in [-0.2, 0) is 6.54 Å². The number of hydrogen-bond acceptors (Lipinski definition) is 6. The van der Waals surface area contributed by atoms with Gasteiger partial charge in [-0.15, -0.1) is 0 Å². The number of furan rings is 1. The van der Waals surface area contributed by atoms with Gasteiger partial charge in [-0.2, -0.15) is 4.98 Å². The second-order valence-electron chi connectivity index (χ2n) is 5.24. The molecular weight excluding hydrogens is 294 g/mol. The smallest absolute Gasteiger partial charge is 0.261 e. The molecule has 1 atom stereocenters. The molecule has 1 aromatic carbocycles. The lowest BCUT2D eigenvalue weighted by Crippen LogP contribution is -2.37. The van der Waals surface area contributed by atoms with E-state index in [1.807, 2.05) is 37.3 Å². The lowest BCUT2D eigenvalue weighted by molar-refractivity contribution is 0.254. The summed E-state index contributed by atoms with van der Waals surface area (Å²) >= 11 is 0. The molecule has 0 bridgehead atoms. The van der Waals surface area contributed by atoms with E-state index in [0.29, 0.717) is 18.3 Å². The van der Waals surface area contributed by atoms with Crippen molar-refractivity contribution in [2.75, 3.05) is 11.5 Å². The maximum atomic E-state index is 9.67. The van der Waals surface area contributed by atoms with Gasteiger partial charge in [0.25, 0.3) is 5.89 Å². The normalized spacial score (nSPS) is 12.3. The van der Waals surface area contributed by atoms with Gasteiger partial charge < -0.3 is 18.9 Å². The first-order valence-electron chi connectivity index (χ1n) is 7.59. The average Bonchev–Trinajstić information content (AvgIpc) is 3.27. The highest BCUT2D eigenvalue weighted by Gasteiger charge is 2.20. The van der Waals surface area contributed by atoms with E-state index in [-0.39, 0.29) is 12.6 Å². The minimum atomic E-state index is -0.00623. The minimum Gasteiger partial charge on any atom is -0.472 e. The Bertz CT molecular complexity index is 706. The van der Waals surface area contributed by atoms with Crippen molar-refractivity contribution < 1.29 is 14.0 Å². The first kappa shape index (κ1) is 15.3. The number of benzene rings is 1. The van der Waals surface area contributed by atoms with E-state index in [1.54, 1.807) is 18.6 Å². The van der Waals surface area contributed by atoms with Crippen LogP contribution in [0.15, 0.2) is 57.9 Å². The standard InChI is InChI=1S/C17H19N3O3/c1-2-14(11-21)20(15-6-4-3-5-7-15)10-16-18-17(23-19-16)13-8-9-22-12-13/h3-9,12,14,21H,2,10-11H2,1H3. The number of aliphatic hydroxyl groups is 1. The number of para-hydroxylation sites is 1. The zero-order valence-electron chi connectivity index (χ0n) is 12.9. The third-order valence-electron chi connectivity index (χ3n) is 3.76. The van der Waals surface area contributed by atoms with Crippen molar-refractivity contribution in [3.63, 3.8) is 0 Å². The summed E-state index contributed by atoms with van der Waals surface area (Å²) in [6.45, 7) is 2.58. The number of hydrogen-bond donors (Lipinski definition) is 1. The maximum absolute atomic E-state index is 9.67. The fraction of sp³-hybridized carbons (Fsp3) is 0.294. The molecule has 0 aliphatic rings. The quantitative estimate of drug-likeness (QED) is 0.722. The van der Waals surface area contributed by atoms with Crippen LogP contribution in [0.4, 0.5) is 5.69 Å². The summed E-state index contributed by atoms with van der Waals surface area (Å²) in [6, 6.07) is 11.7. The molecule has 120 valence electrons. The van der Waals surface area contributed by atoms with Gasteiger partial charge in [0.05, 0.1) is 31.0 Å². The van der Waals surface area contributed by atoms with Gasteiger partial charge in [-0.25, -0.2) is 0 Å². The Morgan fingerprint density at radius 3 is 2.70 bits per heavy atom. The molecule has 2 aromatic heterocycles. The minimum absolute atomic E-state index is 0.00623. The van der Waals surface area contributed by atoms with Gasteiger partial charge in [-0.1, -0.05) is 30.3 Å². The Labute approximate surface area is 134 Å². The summed E-state index contributed by atoms with van der Waals surface area (Å²) in [6.07, 6.45) is 3.95. The van der Waals surface area contributed by atoms with Crippen LogP contribution in [0, 0.1) is 0 Å². The molecule has 0 fully saturated rings. The molecule has 0 aliphatic carbocycles. The largest absolute Gasteiger partial charge is 0.472 e. The molecule has 3 aromatic rings. The molecule has 3 rings (SSSR count). The van der Waals surface area contributed by atoms with Gasteiger partial charge in [-0.05, 0) is 24.6 Å². The molecule has 6 nitrogen and oxygen atoms in total. The Hall–Kier alpha value is -2.60. The van der Waals surface area contributed by atoms with Gasteiger partial charge in [0.2, 0.25) is 0 Å². The number of rotatable bonds is 7. The zero-order chi connectivity index (χ0) is 16.1. The van der Waals surface area contributed by atoms with Gasteiger partial charge in [0, 0.05) is 5.69 Å². The van der Waals surface area contributed by atoms with Crippen LogP contribution >= 0.6 is 0 Å². The molecule has 0 spiro atoms. The van der Waals surface area contributed by atoms with Crippen LogP contribution in [0.2, 0.25) is 0 Å². The van der Waals surface area contributed by atoms with Crippen molar-refractivity contribution in [2.45, 2.75) is 25.9 Å². The fourth-order valence-electron chi connectivity index (χ4n) is 2.47. The van der Waals surface area contributed by atoms with E-state index in [2.05, 4.69) is 15.0 Å². The third kappa shape index (κ3) is 3.43. The fourth-order valence-corrected chi connectivity index (χ4v) is 2.47. The van der Waals surface area contributed by atoms with Gasteiger partial charge in [0.15, 0.2) is 5.82 Å². The van der Waals surface area contributed by atoms with Crippen molar-refractivity contribution >= 4 is 5.69 Å². The molecular formula is C17H19N3O3. The van der Waals surface area contributed by atoms with E-state index >= 15 is 0 Å². The number of nitrogens with zero attached hydrogens (tertiary/aromatic N) is 3. The maximum Gasteiger partial charge on any atom is 0.261 e. The van der Waals surface area contributed by atoms with Crippen LogP contribution in [0.3, 0.4) is 0 Å². The monoisotopic (exact) mass is 313 g/mol. The summed E-state index contributed by atoms with van der Waals surface area (Å²) in [4.78, 5) is 6.50. The first-order valence-corrected chi connectivity index (χ1v) is 7.59. The molecule has 1 unspecified atom stereocenters. The molecule has 0 amide bonds. The topological polar surface area (TPSA) is 75.5 Å². The van der Waals surface area contributed by atoms with Gasteiger partial charge in [-0.3, -0.25) is 0 Å². The highest BCUT2D eigenvalue weighted by atomic mass is 16.5. The lowest BCUT2D eigenvalue weighted by Gasteiger charge is -2.30. The van der Waals surface area contributed by atoms with Crippen LogP contribution in [-0.4, -0.2) is 27.9 Å². The number of aromatic nitrogens is 2. The average molecular weight is 313 g/mol. The van der Waals surface area contributed by atoms with E-state index in [0.717, 1.165) is 17.7 Å². The van der Waals surface area contributed by atoms with Crippen LogP contribution in [0.25, 0.3) is 11.5 Å². The van der Waals surface area contributed by atoms with E-state index in [4.69, 9.17) is 8.94 Å². The Balaban J connectivity index is 1.84. The van der Waals surface area contributed by atoms with E-state index < -0.39 is 0 Å². The summed E-state index contributed by atoms with van der Waals surface area (Å²) in [5.41, 5.74) is 1.77. The molecule has 0 aliphatic heterocycles. The number of aliphatic hydroxyl groups excluding tert-OH is 1. The van der Waals surface area contributed by atoms with E-state index in [9.17, 15) is 5.11 Å². The second-order valence-corrected chi connectivity index (χ2v) is 5.24. The zero-order valence-corrected chi connectivity index (χ0v) is 12.9. The Morgan fingerprint density at radius 1 is 1.22 bits per heavy atom. The summed E-state index contributed by atoms with van der Waals surface area (Å²) < 4.78 is 10.3. The molecule has 0 saturated heterocycles. The Kier molecular flexibility index (Phi) is 4.73. The van der Waals surface area contributed by atoms with Crippen LogP contribution in [0.1, 0.15) is 19.2 Å². The molecule has 1 N–H and O–H groups in total. The summed E-state index contributed by atoms with van der Waals surface area (Å²) in [7, 11) is 0. The van der Waals surface area contributed by atoms with Crippen molar-refractivity contribution in [2.24, 2.45) is 0 Å². The van der Waals surface area contributed by atoms with Gasteiger partial charge >= 0.3 is 0 Å². The molecule has 0 saturated carbocycles. The van der Waals surface area contributed by atoms with Crippen molar-refractivity contribution in [1.82, 2.24) is 10.1 Å². The van der Waals surface area contributed by atoms with Crippen LogP contribution < -0.4 is 4.90 Å². The Morgan fingerprint density at radius 2 is 2.04 bits per heavy atom. The van der Waals surface area contributed by atoms with Crippen molar-refractivity contribution in [3.8, 4) is 11.5 Å². The van der Waals surface area contributed by atoms with Gasteiger partial charge in [0.1, 0.15) is 6.26 Å². The van der Waals surface area contributed by atoms with Crippen molar-refractivity contribution in [3.05, 3.63) is 54.7 Å².